The van der Waals surface area contributed by atoms with Gasteiger partial charge in [0.15, 0.2) is 0 Å². The number of hydrogen-bond acceptors (Lipinski definition) is 6. The molecule has 212 valence electrons. The van der Waals surface area contributed by atoms with Gasteiger partial charge in [0.25, 0.3) is 0 Å². The Labute approximate surface area is 225 Å². The molecule has 0 aliphatic carbocycles. The summed E-state index contributed by atoms with van der Waals surface area (Å²) in [6.07, 6.45) is 19.0. The van der Waals surface area contributed by atoms with Gasteiger partial charge in [-0.25, -0.2) is 4.68 Å². The molecule has 4 N–H and O–H groups in total. The van der Waals surface area contributed by atoms with Crippen LogP contribution < -0.4 is 16.4 Å². The van der Waals surface area contributed by atoms with E-state index in [2.05, 4.69) is 34.8 Å². The molecule has 2 rings (SSSR count). The van der Waals surface area contributed by atoms with E-state index in [1.807, 2.05) is 6.20 Å². The normalized spacial score (nSPS) is 16.0. The Bertz CT molecular complexity index is 747. The molecule has 0 unspecified atom stereocenters. The van der Waals surface area contributed by atoms with Crippen molar-refractivity contribution < 1.29 is 9.59 Å². The highest BCUT2D eigenvalue weighted by Gasteiger charge is 2.27. The molecular weight excluding hydrogens is 464 g/mol. The molecule has 8 nitrogen and oxygen atoms in total. The molecular formula is C29H54N6O2. The molecule has 1 amide bonds. The van der Waals surface area contributed by atoms with Crippen molar-refractivity contribution in [3.63, 3.8) is 0 Å². The van der Waals surface area contributed by atoms with E-state index in [1.54, 1.807) is 4.68 Å². The summed E-state index contributed by atoms with van der Waals surface area (Å²) in [6, 6.07) is -0.308. The number of hydrogen-bond donors (Lipinski definition) is 3. The second kappa shape index (κ2) is 19.3. The Morgan fingerprint density at radius 1 is 1.03 bits per heavy atom. The van der Waals surface area contributed by atoms with Crippen LogP contribution in [0.5, 0.6) is 0 Å². The first-order valence-electron chi connectivity index (χ1n) is 15.2. The summed E-state index contributed by atoms with van der Waals surface area (Å²) in [4.78, 5) is 25.2. The SMILES string of the molecule is CC[C@H](C)[C@@H](C(=O)NCCCCCCCCCCC(=O)C1CCNCC1)n1cc(CCCCCN)nn1. The average molecular weight is 519 g/mol. The monoisotopic (exact) mass is 518 g/mol. The fourth-order valence-corrected chi connectivity index (χ4v) is 5.20. The molecule has 1 aromatic heterocycles. The molecule has 1 aliphatic rings. The number of amides is 1. The zero-order chi connectivity index (χ0) is 26.7. The maximum atomic E-state index is 13.0. The van der Waals surface area contributed by atoms with E-state index >= 15 is 0 Å². The van der Waals surface area contributed by atoms with Crippen molar-refractivity contribution in [1.29, 1.82) is 0 Å². The molecule has 37 heavy (non-hydrogen) atoms. The minimum absolute atomic E-state index is 0.0490. The van der Waals surface area contributed by atoms with Crippen molar-refractivity contribution in [2.75, 3.05) is 26.2 Å². The molecule has 1 aromatic rings. The largest absolute Gasteiger partial charge is 0.354 e. The summed E-state index contributed by atoms with van der Waals surface area (Å²) in [5.74, 6) is 1.05. The van der Waals surface area contributed by atoms with E-state index in [-0.39, 0.29) is 17.9 Å². The van der Waals surface area contributed by atoms with Crippen molar-refractivity contribution >= 4 is 11.7 Å². The van der Waals surface area contributed by atoms with Gasteiger partial charge in [-0.3, -0.25) is 9.59 Å². The number of piperidine rings is 1. The number of nitrogens with zero attached hydrogens (tertiary/aromatic N) is 3. The molecule has 2 atom stereocenters. The van der Waals surface area contributed by atoms with Crippen LogP contribution in [0.25, 0.3) is 0 Å². The van der Waals surface area contributed by atoms with Crippen LogP contribution in [-0.4, -0.2) is 52.9 Å². The third-order valence-corrected chi connectivity index (χ3v) is 7.88. The summed E-state index contributed by atoms with van der Waals surface area (Å²) < 4.78 is 1.77. The second-order valence-electron chi connectivity index (χ2n) is 11.0. The maximum absolute atomic E-state index is 13.0. The fourth-order valence-electron chi connectivity index (χ4n) is 5.20. The van der Waals surface area contributed by atoms with Gasteiger partial charge in [0.1, 0.15) is 11.8 Å². The quantitative estimate of drug-likeness (QED) is 0.203. The Morgan fingerprint density at radius 2 is 1.68 bits per heavy atom. The van der Waals surface area contributed by atoms with Crippen molar-refractivity contribution in [1.82, 2.24) is 25.6 Å². The van der Waals surface area contributed by atoms with Crippen LogP contribution in [0.2, 0.25) is 0 Å². The van der Waals surface area contributed by atoms with Crippen LogP contribution in [-0.2, 0) is 16.0 Å². The van der Waals surface area contributed by atoms with E-state index in [9.17, 15) is 9.59 Å². The Kier molecular flexibility index (Phi) is 16.4. The lowest BCUT2D eigenvalue weighted by atomic mass is 9.90. The molecule has 0 bridgehead atoms. The van der Waals surface area contributed by atoms with Gasteiger partial charge < -0.3 is 16.4 Å². The molecule has 1 aliphatic heterocycles. The van der Waals surface area contributed by atoms with E-state index in [0.717, 1.165) is 96.0 Å². The van der Waals surface area contributed by atoms with E-state index in [0.29, 0.717) is 18.2 Å². The number of nitrogens with one attached hydrogen (secondary N) is 2. The van der Waals surface area contributed by atoms with E-state index < -0.39 is 0 Å². The van der Waals surface area contributed by atoms with Crippen molar-refractivity contribution in [3.8, 4) is 0 Å². The Balaban J connectivity index is 1.54. The molecule has 0 spiro atoms. The van der Waals surface area contributed by atoms with Crippen LogP contribution >= 0.6 is 0 Å². The molecule has 0 radical (unpaired) electrons. The first-order chi connectivity index (χ1) is 18.1. The Morgan fingerprint density at radius 3 is 2.35 bits per heavy atom. The smallest absolute Gasteiger partial charge is 0.245 e. The van der Waals surface area contributed by atoms with Crippen molar-refractivity contribution in [3.05, 3.63) is 11.9 Å². The van der Waals surface area contributed by atoms with Crippen molar-refractivity contribution in [2.24, 2.45) is 17.6 Å². The van der Waals surface area contributed by atoms with Gasteiger partial charge in [-0.05, 0) is 70.5 Å². The van der Waals surface area contributed by atoms with Gasteiger partial charge in [-0.1, -0.05) is 70.4 Å². The number of aromatic nitrogens is 3. The molecule has 1 saturated heterocycles. The predicted octanol–water partition coefficient (Wildman–Crippen LogP) is 4.73. The van der Waals surface area contributed by atoms with Gasteiger partial charge in [0.2, 0.25) is 5.91 Å². The van der Waals surface area contributed by atoms with Crippen LogP contribution in [0.1, 0.15) is 122 Å². The number of carbonyl (C=O) groups is 2. The third-order valence-electron chi connectivity index (χ3n) is 7.88. The summed E-state index contributed by atoms with van der Waals surface area (Å²) >= 11 is 0. The van der Waals surface area contributed by atoms with E-state index in [1.165, 1.54) is 32.1 Å². The predicted molar refractivity (Wildman–Crippen MR) is 150 cm³/mol. The minimum Gasteiger partial charge on any atom is -0.354 e. The zero-order valence-corrected chi connectivity index (χ0v) is 23.7. The molecule has 8 heteroatoms. The summed E-state index contributed by atoms with van der Waals surface area (Å²) in [6.45, 7) is 7.66. The van der Waals surface area contributed by atoms with Crippen LogP contribution in [0, 0.1) is 11.8 Å². The maximum Gasteiger partial charge on any atom is 0.245 e. The lowest BCUT2D eigenvalue weighted by Crippen LogP contribution is -2.37. The molecule has 0 saturated carbocycles. The summed E-state index contributed by atoms with van der Waals surface area (Å²) in [7, 11) is 0. The van der Waals surface area contributed by atoms with Gasteiger partial charge in [-0.15, -0.1) is 5.10 Å². The van der Waals surface area contributed by atoms with Gasteiger partial charge in [0, 0.05) is 25.1 Å². The molecule has 1 fully saturated rings. The Hall–Kier alpha value is -1.80. The standard InChI is InChI=1S/C29H54N6O2/c1-3-24(2)28(35-23-26(33-34-35)15-11-10-13-19-30)29(37)32-20-14-9-7-5-4-6-8-12-16-27(36)25-17-21-31-22-18-25/h23-25,28,31H,3-22,30H2,1-2H3,(H,32,37)/t24-,28-/m0/s1. The highest BCUT2D eigenvalue weighted by molar-refractivity contribution is 5.81. The van der Waals surface area contributed by atoms with E-state index in [4.69, 9.17) is 5.73 Å². The van der Waals surface area contributed by atoms with Gasteiger partial charge in [-0.2, -0.15) is 0 Å². The highest BCUT2D eigenvalue weighted by Crippen LogP contribution is 2.21. The summed E-state index contributed by atoms with van der Waals surface area (Å²) in [5, 5.41) is 15.1. The lowest BCUT2D eigenvalue weighted by molar-refractivity contribution is -0.126. The molecule has 0 aromatic carbocycles. The minimum atomic E-state index is -0.308. The van der Waals surface area contributed by atoms with Crippen LogP contribution in [0.15, 0.2) is 6.20 Å². The average Bonchev–Trinajstić information content (AvgIpc) is 3.38. The number of ketones is 1. The number of nitrogens with two attached hydrogens (primary N) is 1. The number of unbranched alkanes of at least 4 members (excludes halogenated alkanes) is 9. The van der Waals surface area contributed by atoms with Gasteiger partial charge in [0.05, 0.1) is 5.69 Å². The topological polar surface area (TPSA) is 115 Å². The first-order valence-corrected chi connectivity index (χ1v) is 15.2. The van der Waals surface area contributed by atoms with Crippen LogP contribution in [0.4, 0.5) is 0 Å². The number of aryl methyl sites for hydroxylation is 1. The second-order valence-corrected chi connectivity index (χ2v) is 11.0. The number of carbonyl (C=O) groups excluding carboxylic acids is 2. The number of rotatable bonds is 21. The lowest BCUT2D eigenvalue weighted by Gasteiger charge is -2.22. The highest BCUT2D eigenvalue weighted by atomic mass is 16.2. The van der Waals surface area contributed by atoms with Crippen LogP contribution in [0.3, 0.4) is 0 Å². The first kappa shape index (κ1) is 31.4. The fraction of sp³-hybridized carbons (Fsp3) is 0.862. The summed E-state index contributed by atoms with van der Waals surface area (Å²) in [5.41, 5.74) is 6.52. The third kappa shape index (κ3) is 12.5. The van der Waals surface area contributed by atoms with Crippen molar-refractivity contribution in [2.45, 2.75) is 123 Å². The zero-order valence-electron chi connectivity index (χ0n) is 23.7. The number of Topliss-reactive ketones (excluding diaryl/α,β-unsaturated/α-hetero) is 1. The molecule has 2 heterocycles. The van der Waals surface area contributed by atoms with Gasteiger partial charge >= 0.3 is 0 Å².